The van der Waals surface area contributed by atoms with Gasteiger partial charge in [0.05, 0.1) is 4.92 Å². The second-order valence-corrected chi connectivity index (χ2v) is 4.68. The molecular weight excluding hydrogens is 272 g/mol. The van der Waals surface area contributed by atoms with Gasteiger partial charge in [-0.1, -0.05) is 12.1 Å². The first kappa shape index (κ1) is 14.5. The molecular formula is C15H14N2O4. The smallest absolute Gasteiger partial charge is 0.285 e. The molecule has 0 heterocycles. The first-order valence-electron chi connectivity index (χ1n) is 6.25. The number of para-hydroxylation sites is 1. The lowest BCUT2D eigenvalue weighted by Crippen LogP contribution is -2.14. The molecule has 2 aromatic rings. The minimum atomic E-state index is -0.563. The zero-order valence-electron chi connectivity index (χ0n) is 11.6. The number of rotatable bonds is 3. The molecule has 2 N–H and O–H groups in total. The predicted octanol–water partition coefficient (Wildman–Crippen LogP) is 3.17. The van der Waals surface area contributed by atoms with E-state index in [1.54, 1.807) is 32.0 Å². The third-order valence-corrected chi connectivity index (χ3v) is 3.12. The predicted molar refractivity (Wildman–Crippen MR) is 78.6 cm³/mol. The minimum Gasteiger partial charge on any atom is -0.508 e. The molecule has 21 heavy (non-hydrogen) atoms. The van der Waals surface area contributed by atoms with Crippen molar-refractivity contribution < 1.29 is 14.8 Å². The molecule has 0 radical (unpaired) electrons. The van der Waals surface area contributed by atoms with Gasteiger partial charge in [-0.3, -0.25) is 14.9 Å². The van der Waals surface area contributed by atoms with Gasteiger partial charge in [0.15, 0.2) is 0 Å². The van der Waals surface area contributed by atoms with Crippen molar-refractivity contribution in [2.24, 2.45) is 0 Å². The zero-order chi connectivity index (χ0) is 15.6. The second-order valence-electron chi connectivity index (χ2n) is 4.68. The van der Waals surface area contributed by atoms with E-state index in [9.17, 15) is 20.0 Å². The number of nitro groups is 1. The van der Waals surface area contributed by atoms with Crippen LogP contribution in [0.25, 0.3) is 0 Å². The van der Waals surface area contributed by atoms with Gasteiger partial charge in [-0.05, 0) is 43.7 Å². The van der Waals surface area contributed by atoms with E-state index in [4.69, 9.17) is 0 Å². The summed E-state index contributed by atoms with van der Waals surface area (Å²) in [6, 6.07) is 9.17. The lowest BCUT2D eigenvalue weighted by atomic mass is 10.1. The topological polar surface area (TPSA) is 92.5 Å². The van der Waals surface area contributed by atoms with Crippen LogP contribution in [-0.2, 0) is 0 Å². The molecule has 0 spiro atoms. The largest absolute Gasteiger partial charge is 0.508 e. The highest BCUT2D eigenvalue weighted by Crippen LogP contribution is 2.25. The summed E-state index contributed by atoms with van der Waals surface area (Å²) in [7, 11) is 0. The van der Waals surface area contributed by atoms with Crippen LogP contribution in [0.5, 0.6) is 5.75 Å². The molecule has 2 rings (SSSR count). The number of aromatic hydroxyl groups is 1. The summed E-state index contributed by atoms with van der Waals surface area (Å²) in [6.07, 6.45) is 0. The molecule has 6 nitrogen and oxygen atoms in total. The zero-order valence-corrected chi connectivity index (χ0v) is 11.6. The van der Waals surface area contributed by atoms with E-state index < -0.39 is 10.8 Å². The van der Waals surface area contributed by atoms with E-state index in [2.05, 4.69) is 5.32 Å². The maximum absolute atomic E-state index is 12.2. The fraction of sp³-hybridized carbons (Fsp3) is 0.133. The van der Waals surface area contributed by atoms with Gasteiger partial charge in [0.2, 0.25) is 0 Å². The molecule has 0 fully saturated rings. The van der Waals surface area contributed by atoms with Crippen LogP contribution in [0.1, 0.15) is 21.5 Å². The van der Waals surface area contributed by atoms with Crippen LogP contribution in [0, 0.1) is 24.0 Å². The highest BCUT2D eigenvalue weighted by Gasteiger charge is 2.22. The molecule has 108 valence electrons. The fourth-order valence-corrected chi connectivity index (χ4v) is 2.02. The van der Waals surface area contributed by atoms with Crippen molar-refractivity contribution in [1.82, 2.24) is 0 Å². The first-order valence-corrected chi connectivity index (χ1v) is 6.25. The molecule has 0 aromatic heterocycles. The lowest BCUT2D eigenvalue weighted by Gasteiger charge is -2.08. The number of aryl methyl sites for hydroxylation is 2. The normalized spacial score (nSPS) is 10.2. The number of hydrogen-bond donors (Lipinski definition) is 2. The Balaban J connectivity index is 2.35. The SMILES string of the molecule is Cc1cc(NC(=O)c2cccc(C)c2[N+](=O)[O-])ccc1O. The van der Waals surface area contributed by atoms with Gasteiger partial charge in [-0.2, -0.15) is 0 Å². The van der Waals surface area contributed by atoms with Crippen molar-refractivity contribution in [3.05, 3.63) is 63.2 Å². The Labute approximate surface area is 121 Å². The lowest BCUT2D eigenvalue weighted by molar-refractivity contribution is -0.385. The molecule has 1 amide bonds. The van der Waals surface area contributed by atoms with Crippen LogP contribution in [0.2, 0.25) is 0 Å². The number of nitrogens with zero attached hydrogens (tertiary/aromatic N) is 1. The first-order chi connectivity index (χ1) is 9.90. The maximum atomic E-state index is 12.2. The Hall–Kier alpha value is -2.89. The highest BCUT2D eigenvalue weighted by molar-refractivity contribution is 6.07. The number of amides is 1. The molecule has 0 unspecified atom stereocenters. The Bertz CT molecular complexity index is 726. The Morgan fingerprint density at radius 2 is 1.90 bits per heavy atom. The van der Waals surface area contributed by atoms with Crippen molar-refractivity contribution in [2.45, 2.75) is 13.8 Å². The van der Waals surface area contributed by atoms with E-state index in [0.717, 1.165) is 0 Å². The molecule has 0 aliphatic rings. The standard InChI is InChI=1S/C15H14N2O4/c1-9-4-3-5-12(14(9)17(20)21)15(19)16-11-6-7-13(18)10(2)8-11/h3-8,18H,1-2H3,(H,16,19). The molecule has 0 aliphatic carbocycles. The number of nitrogens with one attached hydrogen (secondary N) is 1. The third kappa shape index (κ3) is 3.00. The third-order valence-electron chi connectivity index (χ3n) is 3.12. The number of hydrogen-bond acceptors (Lipinski definition) is 4. The molecule has 0 saturated heterocycles. The fourth-order valence-electron chi connectivity index (χ4n) is 2.02. The van der Waals surface area contributed by atoms with E-state index in [0.29, 0.717) is 16.8 Å². The van der Waals surface area contributed by atoms with Gasteiger partial charge in [-0.15, -0.1) is 0 Å². The van der Waals surface area contributed by atoms with Crippen molar-refractivity contribution in [1.29, 1.82) is 0 Å². The molecule has 2 aromatic carbocycles. The van der Waals surface area contributed by atoms with Crippen LogP contribution in [0.15, 0.2) is 36.4 Å². The quantitative estimate of drug-likeness (QED) is 0.515. The highest BCUT2D eigenvalue weighted by atomic mass is 16.6. The number of benzene rings is 2. The van der Waals surface area contributed by atoms with Crippen molar-refractivity contribution in [2.75, 3.05) is 5.32 Å². The van der Waals surface area contributed by atoms with Crippen molar-refractivity contribution in [3.63, 3.8) is 0 Å². The van der Waals surface area contributed by atoms with E-state index >= 15 is 0 Å². The molecule has 0 saturated carbocycles. The van der Waals surface area contributed by atoms with Gasteiger partial charge in [-0.25, -0.2) is 0 Å². The maximum Gasteiger partial charge on any atom is 0.285 e. The van der Waals surface area contributed by atoms with Gasteiger partial charge < -0.3 is 10.4 Å². The molecule has 0 atom stereocenters. The van der Waals surface area contributed by atoms with Crippen LogP contribution < -0.4 is 5.32 Å². The summed E-state index contributed by atoms with van der Waals surface area (Å²) in [5, 5.41) is 23.1. The van der Waals surface area contributed by atoms with Gasteiger partial charge >= 0.3 is 0 Å². The monoisotopic (exact) mass is 286 g/mol. The van der Waals surface area contributed by atoms with Gasteiger partial charge in [0.1, 0.15) is 11.3 Å². The van der Waals surface area contributed by atoms with E-state index in [1.807, 2.05) is 0 Å². The average Bonchev–Trinajstić information content (AvgIpc) is 2.42. The van der Waals surface area contributed by atoms with Crippen LogP contribution in [0.4, 0.5) is 11.4 Å². The van der Waals surface area contributed by atoms with Gasteiger partial charge in [0, 0.05) is 11.3 Å². The Morgan fingerprint density at radius 3 is 2.52 bits per heavy atom. The summed E-state index contributed by atoms with van der Waals surface area (Å²) in [5.41, 5.74) is 1.29. The van der Waals surface area contributed by atoms with E-state index in [-0.39, 0.29) is 17.0 Å². The summed E-state index contributed by atoms with van der Waals surface area (Å²) in [4.78, 5) is 22.7. The van der Waals surface area contributed by atoms with Crippen LogP contribution in [-0.4, -0.2) is 15.9 Å². The number of carbonyl (C=O) groups is 1. The van der Waals surface area contributed by atoms with Crippen LogP contribution in [0.3, 0.4) is 0 Å². The number of phenols is 1. The van der Waals surface area contributed by atoms with E-state index in [1.165, 1.54) is 18.2 Å². The molecule has 6 heteroatoms. The molecule has 0 aliphatic heterocycles. The Kier molecular flexibility index (Phi) is 3.89. The number of phenolic OH excluding ortho intramolecular Hbond substituents is 1. The summed E-state index contributed by atoms with van der Waals surface area (Å²) in [5.74, 6) is -0.440. The number of anilines is 1. The Morgan fingerprint density at radius 1 is 1.19 bits per heavy atom. The summed E-state index contributed by atoms with van der Waals surface area (Å²) >= 11 is 0. The van der Waals surface area contributed by atoms with Gasteiger partial charge in [0.25, 0.3) is 11.6 Å². The van der Waals surface area contributed by atoms with Crippen molar-refractivity contribution >= 4 is 17.3 Å². The van der Waals surface area contributed by atoms with Crippen LogP contribution >= 0.6 is 0 Å². The summed E-state index contributed by atoms with van der Waals surface area (Å²) in [6.45, 7) is 3.28. The number of carbonyl (C=O) groups excluding carboxylic acids is 1. The number of nitro benzene ring substituents is 1. The molecule has 0 bridgehead atoms. The minimum absolute atomic E-state index is 0.00530. The van der Waals surface area contributed by atoms with Crippen molar-refractivity contribution in [3.8, 4) is 5.75 Å². The average molecular weight is 286 g/mol. The second kappa shape index (κ2) is 5.62. The summed E-state index contributed by atoms with van der Waals surface area (Å²) < 4.78 is 0.